The van der Waals surface area contributed by atoms with E-state index in [2.05, 4.69) is 36.0 Å². The third-order valence-electron chi connectivity index (χ3n) is 8.34. The summed E-state index contributed by atoms with van der Waals surface area (Å²) in [4.78, 5) is 22.3. The van der Waals surface area contributed by atoms with Crippen LogP contribution in [0.1, 0.15) is 50.5 Å². The van der Waals surface area contributed by atoms with Crippen LogP contribution in [0.15, 0.2) is 23.4 Å². The molecule has 3 fully saturated rings. The number of halogens is 3. The summed E-state index contributed by atoms with van der Waals surface area (Å²) in [7, 11) is 1.47. The maximum absolute atomic E-state index is 15.9. The SMILES string of the molecule is CO/N=C1\CC2(CCN(C(=O)C3(F)CCN(CC4CCN(I)CC4)CC3)CC2)Oc2ccc(F)cc21. The summed E-state index contributed by atoms with van der Waals surface area (Å²) in [5.74, 6) is 0.500. The van der Waals surface area contributed by atoms with E-state index in [0.717, 1.165) is 19.6 Å². The minimum absolute atomic E-state index is 0.263. The molecule has 1 aromatic carbocycles. The standard InChI is InChI=1S/C26H35F2IN4O3/c1-35-30-22-17-25(36-23-3-2-20(27)16-21(22)23)6-14-32(15-7-25)24(34)26(28)8-12-31(13-9-26)18-19-4-10-33(29)11-5-19/h2-3,16,19H,4-15,17-18H2,1H3/b30-22+. The number of hydrogen-bond donors (Lipinski definition) is 0. The monoisotopic (exact) mass is 616 g/mol. The zero-order valence-electron chi connectivity index (χ0n) is 20.9. The van der Waals surface area contributed by atoms with Gasteiger partial charge in [-0.1, -0.05) is 5.16 Å². The summed E-state index contributed by atoms with van der Waals surface area (Å²) < 4.78 is 38.3. The van der Waals surface area contributed by atoms with Gasteiger partial charge in [-0.2, -0.15) is 0 Å². The number of oxime groups is 1. The molecule has 3 saturated heterocycles. The first-order chi connectivity index (χ1) is 17.3. The third-order valence-corrected chi connectivity index (χ3v) is 9.31. The van der Waals surface area contributed by atoms with Gasteiger partial charge in [0.05, 0.1) is 5.71 Å². The predicted octanol–water partition coefficient (Wildman–Crippen LogP) is 4.19. The average molecular weight is 616 g/mol. The van der Waals surface area contributed by atoms with Gasteiger partial charge in [0.15, 0.2) is 5.67 Å². The van der Waals surface area contributed by atoms with E-state index in [-0.39, 0.29) is 24.6 Å². The molecule has 4 heterocycles. The van der Waals surface area contributed by atoms with Gasteiger partial charge in [-0.3, -0.25) is 4.79 Å². The Kier molecular flexibility index (Phi) is 7.74. The summed E-state index contributed by atoms with van der Waals surface area (Å²) >= 11 is 2.38. The lowest BCUT2D eigenvalue weighted by atomic mass is 9.81. The van der Waals surface area contributed by atoms with Crippen molar-refractivity contribution in [2.45, 2.75) is 56.2 Å². The zero-order chi connectivity index (χ0) is 25.3. The van der Waals surface area contributed by atoms with Crippen LogP contribution in [0.2, 0.25) is 0 Å². The fourth-order valence-corrected chi connectivity index (χ4v) is 6.67. The number of benzene rings is 1. The number of ether oxygens (including phenoxy) is 1. The summed E-state index contributed by atoms with van der Waals surface area (Å²) in [6, 6.07) is 4.39. The molecular weight excluding hydrogens is 581 g/mol. The maximum Gasteiger partial charge on any atom is 0.260 e. The second-order valence-electron chi connectivity index (χ2n) is 10.7. The Hall–Kier alpha value is -1.53. The van der Waals surface area contributed by atoms with E-state index in [1.807, 2.05) is 0 Å². The van der Waals surface area contributed by atoms with Crippen molar-refractivity contribution >= 4 is 34.5 Å². The molecule has 0 radical (unpaired) electrons. The van der Waals surface area contributed by atoms with Crippen LogP contribution >= 0.6 is 22.9 Å². The number of rotatable bonds is 4. The van der Waals surface area contributed by atoms with Gasteiger partial charge < -0.3 is 19.4 Å². The molecule has 0 aliphatic carbocycles. The Morgan fingerprint density at radius 1 is 1.14 bits per heavy atom. The highest BCUT2D eigenvalue weighted by Crippen LogP contribution is 2.41. The third kappa shape index (κ3) is 5.50. The lowest BCUT2D eigenvalue weighted by Gasteiger charge is -2.46. The van der Waals surface area contributed by atoms with E-state index in [9.17, 15) is 9.18 Å². The van der Waals surface area contributed by atoms with E-state index < -0.39 is 11.3 Å². The largest absolute Gasteiger partial charge is 0.486 e. The highest BCUT2D eigenvalue weighted by molar-refractivity contribution is 14.1. The van der Waals surface area contributed by atoms with Crippen molar-refractivity contribution in [3.05, 3.63) is 29.6 Å². The number of likely N-dealkylation sites (tertiary alicyclic amines) is 2. The summed E-state index contributed by atoms with van der Waals surface area (Å²) in [6.45, 7) is 5.38. The number of amides is 1. The first kappa shape index (κ1) is 26.1. The molecule has 0 N–H and O–H groups in total. The molecular formula is C26H35F2IN4O3. The summed E-state index contributed by atoms with van der Waals surface area (Å²) in [5, 5.41) is 4.13. The molecule has 1 spiro atoms. The maximum atomic E-state index is 15.9. The molecule has 0 unspecified atom stereocenters. The van der Waals surface area contributed by atoms with E-state index >= 15 is 4.39 Å². The van der Waals surface area contributed by atoms with Crippen molar-refractivity contribution < 1.29 is 23.1 Å². The van der Waals surface area contributed by atoms with E-state index in [1.165, 1.54) is 32.1 Å². The molecule has 10 heteroatoms. The van der Waals surface area contributed by atoms with Crippen LogP contribution in [-0.2, 0) is 9.63 Å². The van der Waals surface area contributed by atoms with Crippen molar-refractivity contribution in [1.29, 1.82) is 0 Å². The highest BCUT2D eigenvalue weighted by Gasteiger charge is 2.48. The Labute approximate surface area is 225 Å². The van der Waals surface area contributed by atoms with Crippen molar-refractivity contribution in [2.24, 2.45) is 11.1 Å². The second-order valence-corrected chi connectivity index (χ2v) is 12.1. The van der Waals surface area contributed by atoms with E-state index in [0.29, 0.717) is 68.4 Å². The fraction of sp³-hybridized carbons (Fsp3) is 0.692. The van der Waals surface area contributed by atoms with Crippen molar-refractivity contribution in [2.75, 3.05) is 52.9 Å². The minimum Gasteiger partial charge on any atom is -0.486 e. The van der Waals surface area contributed by atoms with Gasteiger partial charge in [-0.05, 0) is 37.0 Å². The first-order valence-corrected chi connectivity index (χ1v) is 14.0. The van der Waals surface area contributed by atoms with Gasteiger partial charge in [0.2, 0.25) is 0 Å². The Bertz CT molecular complexity index is 985. The molecule has 5 rings (SSSR count). The van der Waals surface area contributed by atoms with Gasteiger partial charge in [-0.15, -0.1) is 0 Å². The summed E-state index contributed by atoms with van der Waals surface area (Å²) in [6.07, 6.45) is 4.49. The van der Waals surface area contributed by atoms with Crippen LogP contribution < -0.4 is 4.74 Å². The number of nitrogens with zero attached hydrogens (tertiary/aromatic N) is 4. The van der Waals surface area contributed by atoms with Crippen LogP contribution in [0.25, 0.3) is 0 Å². The van der Waals surface area contributed by atoms with E-state index in [1.54, 1.807) is 11.0 Å². The van der Waals surface area contributed by atoms with Gasteiger partial charge in [0, 0.05) is 106 Å². The lowest BCUT2D eigenvalue weighted by Crippen LogP contribution is -2.58. The molecule has 1 aromatic rings. The second kappa shape index (κ2) is 10.7. The van der Waals surface area contributed by atoms with Gasteiger partial charge in [0.1, 0.15) is 24.3 Å². The van der Waals surface area contributed by atoms with Crippen molar-refractivity contribution in [3.8, 4) is 5.75 Å². The van der Waals surface area contributed by atoms with Gasteiger partial charge >= 0.3 is 0 Å². The molecule has 0 aromatic heterocycles. The normalized spacial score (nSPS) is 26.0. The molecule has 1 amide bonds. The van der Waals surface area contributed by atoms with Gasteiger partial charge in [0.25, 0.3) is 5.91 Å². The topological polar surface area (TPSA) is 57.6 Å². The minimum atomic E-state index is -1.78. The van der Waals surface area contributed by atoms with E-state index in [4.69, 9.17) is 9.57 Å². The molecule has 198 valence electrons. The first-order valence-electron chi connectivity index (χ1n) is 13.0. The molecule has 36 heavy (non-hydrogen) atoms. The summed E-state index contributed by atoms with van der Waals surface area (Å²) in [5.41, 5.74) is -1.11. The molecule has 4 aliphatic rings. The number of carbonyl (C=O) groups is 1. The number of piperidine rings is 3. The van der Waals surface area contributed by atoms with Crippen molar-refractivity contribution in [1.82, 2.24) is 12.9 Å². The Morgan fingerprint density at radius 2 is 1.83 bits per heavy atom. The van der Waals surface area contributed by atoms with Crippen LogP contribution in [0.3, 0.4) is 0 Å². The van der Waals surface area contributed by atoms with Crippen LogP contribution in [0.4, 0.5) is 8.78 Å². The zero-order valence-corrected chi connectivity index (χ0v) is 23.0. The fourth-order valence-electron chi connectivity index (χ4n) is 6.11. The predicted molar refractivity (Wildman–Crippen MR) is 142 cm³/mol. The Balaban J connectivity index is 1.17. The van der Waals surface area contributed by atoms with Crippen LogP contribution in [0.5, 0.6) is 5.75 Å². The average Bonchev–Trinajstić information content (AvgIpc) is 2.88. The molecule has 0 bridgehead atoms. The molecule has 4 aliphatic heterocycles. The number of hydrogen-bond acceptors (Lipinski definition) is 6. The number of carbonyl (C=O) groups excluding carboxylic acids is 1. The quantitative estimate of drug-likeness (QED) is 0.289. The van der Waals surface area contributed by atoms with Gasteiger partial charge in [-0.25, -0.2) is 11.9 Å². The molecule has 0 atom stereocenters. The highest BCUT2D eigenvalue weighted by atomic mass is 127. The Morgan fingerprint density at radius 3 is 2.50 bits per heavy atom. The van der Waals surface area contributed by atoms with Crippen LogP contribution in [0, 0.1) is 11.7 Å². The number of alkyl halides is 1. The van der Waals surface area contributed by atoms with Crippen molar-refractivity contribution in [3.63, 3.8) is 0 Å². The molecule has 0 saturated carbocycles. The molecule has 7 nitrogen and oxygen atoms in total. The number of fused-ring (bicyclic) bond motifs is 1. The van der Waals surface area contributed by atoms with Crippen LogP contribution in [-0.4, -0.2) is 88.7 Å². The lowest BCUT2D eigenvalue weighted by molar-refractivity contribution is -0.151. The smallest absolute Gasteiger partial charge is 0.260 e.